The van der Waals surface area contributed by atoms with E-state index in [4.69, 9.17) is 6.42 Å². The number of rotatable bonds is 6. The van der Waals surface area contributed by atoms with Crippen LogP contribution in [0.5, 0.6) is 0 Å². The van der Waals surface area contributed by atoms with Gasteiger partial charge in [0, 0.05) is 24.8 Å². The maximum absolute atomic E-state index is 12.8. The zero-order valence-corrected chi connectivity index (χ0v) is 20.5. The molecule has 1 unspecified atom stereocenters. The van der Waals surface area contributed by atoms with Crippen molar-refractivity contribution in [3.8, 4) is 12.3 Å². The SMILES string of the molecule is C#CC1CC1.CC.COC(=O)CC1CCN(CCCC(F)(F)F)[C@H](c2ccc(C(F)(F)F)cc2)C1. The highest BCUT2D eigenvalue weighted by Crippen LogP contribution is 2.38. The number of terminal acetylenes is 1. The lowest BCUT2D eigenvalue weighted by Crippen LogP contribution is -2.38. The van der Waals surface area contributed by atoms with E-state index in [9.17, 15) is 31.1 Å². The summed E-state index contributed by atoms with van der Waals surface area (Å²) in [5.74, 6) is 2.90. The van der Waals surface area contributed by atoms with E-state index in [-0.39, 0.29) is 37.3 Å². The lowest BCUT2D eigenvalue weighted by Gasteiger charge is -2.40. The minimum Gasteiger partial charge on any atom is -0.469 e. The first-order valence-corrected chi connectivity index (χ1v) is 11.9. The molecule has 2 atom stereocenters. The standard InChI is InChI=1S/C19H23F6NO2.C5H6.C2H6/c1-28-17(27)12-13-7-10-26(9-2-8-18(20,21)22)16(11-13)14-3-5-15(6-4-14)19(23,24)25;1-2-5-3-4-5;1-2/h3-6,13,16H,2,7-12H2,1H3;1,5H,3-4H2;1-2H3/t13?,16-;;/m0../s1. The summed E-state index contributed by atoms with van der Waals surface area (Å²) in [6, 6.07) is 4.36. The van der Waals surface area contributed by atoms with Crippen molar-refractivity contribution in [1.82, 2.24) is 4.90 Å². The third-order valence-corrected chi connectivity index (χ3v) is 5.85. The van der Waals surface area contributed by atoms with Crippen LogP contribution >= 0.6 is 0 Å². The first kappa shape index (κ1) is 30.8. The number of nitrogens with zero attached hydrogens (tertiary/aromatic N) is 1. The van der Waals surface area contributed by atoms with Gasteiger partial charge in [-0.15, -0.1) is 12.3 Å². The number of halogens is 6. The fourth-order valence-corrected chi connectivity index (χ4v) is 3.83. The second-order valence-corrected chi connectivity index (χ2v) is 8.50. The van der Waals surface area contributed by atoms with Gasteiger partial charge in [0.2, 0.25) is 0 Å². The maximum Gasteiger partial charge on any atom is 0.416 e. The Morgan fingerprint density at radius 1 is 1.09 bits per heavy atom. The van der Waals surface area contributed by atoms with Crippen molar-refractivity contribution in [2.75, 3.05) is 20.2 Å². The van der Waals surface area contributed by atoms with E-state index in [2.05, 4.69) is 10.7 Å². The summed E-state index contributed by atoms with van der Waals surface area (Å²) in [5.41, 5.74) is -0.170. The molecule has 1 heterocycles. The quantitative estimate of drug-likeness (QED) is 0.228. The van der Waals surface area contributed by atoms with Crippen molar-refractivity contribution < 1.29 is 35.9 Å². The van der Waals surface area contributed by atoms with Gasteiger partial charge in [-0.1, -0.05) is 26.0 Å². The van der Waals surface area contributed by atoms with Crippen molar-refractivity contribution in [1.29, 1.82) is 0 Å². The molecule has 2 fully saturated rings. The molecule has 1 saturated carbocycles. The van der Waals surface area contributed by atoms with Crippen LogP contribution in [0.1, 0.15) is 76.0 Å². The highest BCUT2D eigenvalue weighted by atomic mass is 19.4. The molecule has 1 aromatic carbocycles. The highest BCUT2D eigenvalue weighted by molar-refractivity contribution is 5.69. The van der Waals surface area contributed by atoms with Crippen LogP contribution in [0.25, 0.3) is 0 Å². The number of likely N-dealkylation sites (tertiary alicyclic amines) is 1. The minimum absolute atomic E-state index is 0.0291. The number of hydrogen-bond donors (Lipinski definition) is 0. The summed E-state index contributed by atoms with van der Waals surface area (Å²) in [5, 5.41) is 0. The average Bonchev–Trinajstić information content (AvgIpc) is 3.65. The molecule has 35 heavy (non-hydrogen) atoms. The number of carbonyl (C=O) groups excluding carboxylic acids is 1. The van der Waals surface area contributed by atoms with Crippen LogP contribution in [0.15, 0.2) is 24.3 Å². The Labute approximate surface area is 204 Å². The molecule has 0 amide bonds. The smallest absolute Gasteiger partial charge is 0.416 e. The zero-order chi connectivity index (χ0) is 26.6. The number of alkyl halides is 6. The van der Waals surface area contributed by atoms with Crippen LogP contribution < -0.4 is 0 Å². The van der Waals surface area contributed by atoms with E-state index in [0.717, 1.165) is 12.1 Å². The molecule has 1 aromatic rings. The summed E-state index contributed by atoms with van der Waals surface area (Å²) >= 11 is 0. The molecule has 0 radical (unpaired) electrons. The molecule has 0 N–H and O–H groups in total. The molecule has 0 aromatic heterocycles. The van der Waals surface area contributed by atoms with Crippen LogP contribution in [0.4, 0.5) is 26.3 Å². The van der Waals surface area contributed by atoms with Crippen molar-refractivity contribution in [2.24, 2.45) is 11.8 Å². The predicted octanol–water partition coefficient (Wildman–Crippen LogP) is 7.42. The first-order chi connectivity index (χ1) is 16.4. The molecule has 0 bridgehead atoms. The summed E-state index contributed by atoms with van der Waals surface area (Å²) in [6.07, 6.45) is -0.867. The van der Waals surface area contributed by atoms with Gasteiger partial charge in [-0.2, -0.15) is 26.3 Å². The Balaban J connectivity index is 0.000000759. The molecule has 1 aliphatic heterocycles. The molecule has 198 valence electrons. The average molecular weight is 508 g/mol. The third kappa shape index (κ3) is 11.9. The topological polar surface area (TPSA) is 29.5 Å². The number of carbonyl (C=O) groups is 1. The largest absolute Gasteiger partial charge is 0.469 e. The maximum atomic E-state index is 12.8. The van der Waals surface area contributed by atoms with E-state index in [0.29, 0.717) is 30.9 Å². The van der Waals surface area contributed by atoms with Gasteiger partial charge in [0.1, 0.15) is 0 Å². The Bertz CT molecular complexity index is 794. The van der Waals surface area contributed by atoms with E-state index >= 15 is 0 Å². The Hall–Kier alpha value is -2.21. The molecule has 1 saturated heterocycles. The van der Waals surface area contributed by atoms with Gasteiger partial charge < -0.3 is 4.74 Å². The van der Waals surface area contributed by atoms with E-state index < -0.39 is 24.3 Å². The van der Waals surface area contributed by atoms with Crippen molar-refractivity contribution in [3.05, 3.63) is 35.4 Å². The van der Waals surface area contributed by atoms with Gasteiger partial charge in [0.25, 0.3) is 0 Å². The number of hydrogen-bond acceptors (Lipinski definition) is 3. The van der Waals surface area contributed by atoms with Gasteiger partial charge >= 0.3 is 18.3 Å². The van der Waals surface area contributed by atoms with Crippen LogP contribution in [0.2, 0.25) is 0 Å². The first-order valence-electron chi connectivity index (χ1n) is 11.9. The van der Waals surface area contributed by atoms with Crippen LogP contribution in [0, 0.1) is 24.2 Å². The Kier molecular flexibility index (Phi) is 12.7. The molecular weight excluding hydrogens is 472 g/mol. The summed E-state index contributed by atoms with van der Waals surface area (Å²) < 4.78 is 80.4. The van der Waals surface area contributed by atoms with E-state index in [1.165, 1.54) is 32.1 Å². The molecule has 3 rings (SSSR count). The highest BCUT2D eigenvalue weighted by Gasteiger charge is 2.34. The monoisotopic (exact) mass is 507 g/mol. The second-order valence-electron chi connectivity index (χ2n) is 8.50. The fraction of sp³-hybridized carbons (Fsp3) is 0.654. The van der Waals surface area contributed by atoms with Crippen LogP contribution in [-0.2, 0) is 15.7 Å². The number of benzene rings is 1. The van der Waals surface area contributed by atoms with E-state index in [1.54, 1.807) is 0 Å². The molecule has 2 aliphatic rings. The number of esters is 1. The molecular formula is C26H35F6NO2. The van der Waals surface area contributed by atoms with Crippen LogP contribution in [-0.4, -0.2) is 37.2 Å². The number of piperidine rings is 1. The lowest BCUT2D eigenvalue weighted by atomic mass is 9.85. The number of methoxy groups -OCH3 is 1. The van der Waals surface area contributed by atoms with E-state index in [1.807, 2.05) is 18.7 Å². The molecule has 3 nitrogen and oxygen atoms in total. The van der Waals surface area contributed by atoms with Gasteiger partial charge in [0.05, 0.1) is 12.7 Å². The van der Waals surface area contributed by atoms with Crippen molar-refractivity contribution >= 4 is 5.97 Å². The third-order valence-electron chi connectivity index (χ3n) is 5.85. The van der Waals surface area contributed by atoms with Crippen LogP contribution in [0.3, 0.4) is 0 Å². The van der Waals surface area contributed by atoms with Crippen molar-refractivity contribution in [3.63, 3.8) is 0 Å². The minimum atomic E-state index is -4.45. The fourth-order valence-electron chi connectivity index (χ4n) is 3.83. The predicted molar refractivity (Wildman–Crippen MR) is 123 cm³/mol. The van der Waals surface area contributed by atoms with Gasteiger partial charge in [-0.05, 0) is 68.8 Å². The Morgan fingerprint density at radius 2 is 1.69 bits per heavy atom. The molecule has 1 aliphatic carbocycles. The second kappa shape index (κ2) is 14.4. The van der Waals surface area contributed by atoms with Gasteiger partial charge in [-0.3, -0.25) is 9.69 Å². The normalized spacial score (nSPS) is 20.5. The van der Waals surface area contributed by atoms with Gasteiger partial charge in [0.15, 0.2) is 0 Å². The lowest BCUT2D eigenvalue weighted by molar-refractivity contribution is -0.143. The van der Waals surface area contributed by atoms with Gasteiger partial charge in [-0.25, -0.2) is 0 Å². The van der Waals surface area contributed by atoms with Crippen molar-refractivity contribution in [2.45, 2.75) is 77.2 Å². The molecule has 9 heteroatoms. The zero-order valence-electron chi connectivity index (χ0n) is 20.5. The number of ether oxygens (including phenoxy) is 1. The summed E-state index contributed by atoms with van der Waals surface area (Å²) in [4.78, 5) is 13.4. The Morgan fingerprint density at radius 3 is 2.11 bits per heavy atom. The summed E-state index contributed by atoms with van der Waals surface area (Å²) in [7, 11) is 1.28. The molecule has 0 spiro atoms. The summed E-state index contributed by atoms with van der Waals surface area (Å²) in [6.45, 7) is 4.67.